The van der Waals surface area contributed by atoms with Crippen LogP contribution in [0.1, 0.15) is 26.2 Å². The molecule has 0 aliphatic carbocycles. The first-order valence-corrected chi connectivity index (χ1v) is 9.27. The lowest BCUT2D eigenvalue weighted by Gasteiger charge is -2.33. The number of nitrogens with zero attached hydrogens (tertiary/aromatic N) is 1. The van der Waals surface area contributed by atoms with Crippen molar-refractivity contribution in [2.24, 2.45) is 0 Å². The Labute approximate surface area is 129 Å². The molecule has 1 saturated heterocycles. The summed E-state index contributed by atoms with van der Waals surface area (Å²) in [5.74, 6) is 0. The fourth-order valence-electron chi connectivity index (χ4n) is 2.58. The van der Waals surface area contributed by atoms with Gasteiger partial charge in [0, 0.05) is 17.1 Å². The van der Waals surface area contributed by atoms with E-state index in [2.05, 4.69) is 21.2 Å². The number of hydrogen-bond donors (Lipinski definition) is 1. The molecule has 4 nitrogen and oxygen atoms in total. The number of piperidine rings is 1. The zero-order valence-corrected chi connectivity index (χ0v) is 14.1. The molecular weight excluding hydrogens is 340 g/mol. The first kappa shape index (κ1) is 15.9. The van der Waals surface area contributed by atoms with Crippen molar-refractivity contribution in [2.75, 3.05) is 19.6 Å². The van der Waals surface area contributed by atoms with Gasteiger partial charge in [-0.2, -0.15) is 4.31 Å². The van der Waals surface area contributed by atoms with E-state index in [1.165, 1.54) is 0 Å². The van der Waals surface area contributed by atoms with E-state index in [-0.39, 0.29) is 6.04 Å². The number of nitrogens with one attached hydrogen (secondary N) is 1. The molecule has 0 aromatic heterocycles. The van der Waals surface area contributed by atoms with Crippen LogP contribution < -0.4 is 5.32 Å². The van der Waals surface area contributed by atoms with Crippen LogP contribution in [-0.4, -0.2) is 38.4 Å². The monoisotopic (exact) mass is 360 g/mol. The molecule has 20 heavy (non-hydrogen) atoms. The second-order valence-corrected chi connectivity index (χ2v) is 7.86. The Hall–Kier alpha value is -0.430. The molecule has 6 heteroatoms. The topological polar surface area (TPSA) is 49.4 Å². The van der Waals surface area contributed by atoms with Crippen LogP contribution in [0.4, 0.5) is 0 Å². The predicted octanol–water partition coefficient (Wildman–Crippen LogP) is 2.60. The van der Waals surface area contributed by atoms with Gasteiger partial charge in [0.15, 0.2) is 0 Å². The predicted molar refractivity (Wildman–Crippen MR) is 84.2 cm³/mol. The highest BCUT2D eigenvalue weighted by Crippen LogP contribution is 2.24. The number of sulfonamides is 1. The largest absolute Gasteiger partial charge is 0.317 e. The molecule has 1 aromatic carbocycles. The molecule has 1 aliphatic heterocycles. The van der Waals surface area contributed by atoms with Gasteiger partial charge in [-0.1, -0.05) is 28.9 Å². The fourth-order valence-corrected chi connectivity index (χ4v) is 4.95. The number of hydrogen-bond acceptors (Lipinski definition) is 3. The van der Waals surface area contributed by atoms with E-state index < -0.39 is 10.0 Å². The summed E-state index contributed by atoms with van der Waals surface area (Å²) in [6.07, 6.45) is 2.59. The van der Waals surface area contributed by atoms with Crippen LogP contribution in [0.15, 0.2) is 33.6 Å². The van der Waals surface area contributed by atoms with E-state index in [9.17, 15) is 8.42 Å². The van der Waals surface area contributed by atoms with Crippen molar-refractivity contribution in [1.82, 2.24) is 9.62 Å². The second kappa shape index (κ2) is 7.02. The highest BCUT2D eigenvalue weighted by atomic mass is 79.9. The summed E-state index contributed by atoms with van der Waals surface area (Å²) in [6.45, 7) is 4.38. The fraction of sp³-hybridized carbons (Fsp3) is 0.571. The summed E-state index contributed by atoms with van der Waals surface area (Å²) in [5.41, 5.74) is 0. The molecule has 1 aliphatic rings. The quantitative estimate of drug-likeness (QED) is 0.877. The van der Waals surface area contributed by atoms with Gasteiger partial charge in [0.2, 0.25) is 10.0 Å². The Balaban J connectivity index is 2.31. The smallest absolute Gasteiger partial charge is 0.243 e. The van der Waals surface area contributed by atoms with Gasteiger partial charge in [-0.15, -0.1) is 0 Å². The Morgan fingerprint density at radius 2 is 2.05 bits per heavy atom. The lowest BCUT2D eigenvalue weighted by molar-refractivity contribution is 0.262. The summed E-state index contributed by atoms with van der Waals surface area (Å²) in [4.78, 5) is 0.374. The standard InChI is InChI=1S/C14H21BrN2O2S/c1-2-10-17(13-6-8-16-9-7-13)20(18,19)14-5-3-4-12(15)11-14/h3-5,11,13,16H,2,6-10H2,1H3. The summed E-state index contributed by atoms with van der Waals surface area (Å²) in [7, 11) is -3.41. The maximum Gasteiger partial charge on any atom is 0.243 e. The van der Waals surface area contributed by atoms with Crippen molar-refractivity contribution in [1.29, 1.82) is 0 Å². The van der Waals surface area contributed by atoms with Crippen molar-refractivity contribution in [3.8, 4) is 0 Å². The van der Waals surface area contributed by atoms with E-state index >= 15 is 0 Å². The minimum atomic E-state index is -3.41. The van der Waals surface area contributed by atoms with Crippen molar-refractivity contribution >= 4 is 26.0 Å². The maximum atomic E-state index is 12.9. The molecule has 0 saturated carbocycles. The molecule has 1 N–H and O–H groups in total. The average Bonchev–Trinajstić information content (AvgIpc) is 2.45. The van der Waals surface area contributed by atoms with Gasteiger partial charge >= 0.3 is 0 Å². The van der Waals surface area contributed by atoms with Crippen LogP contribution >= 0.6 is 15.9 Å². The highest BCUT2D eigenvalue weighted by Gasteiger charge is 2.31. The Kier molecular flexibility index (Phi) is 5.60. The number of benzene rings is 1. The molecule has 0 unspecified atom stereocenters. The summed E-state index contributed by atoms with van der Waals surface area (Å²) < 4.78 is 28.2. The van der Waals surface area contributed by atoms with Crippen LogP contribution in [0.2, 0.25) is 0 Å². The minimum absolute atomic E-state index is 0.111. The lowest BCUT2D eigenvalue weighted by atomic mass is 10.1. The molecule has 0 amide bonds. The summed E-state index contributed by atoms with van der Waals surface area (Å²) in [6, 6.07) is 7.07. The van der Waals surface area contributed by atoms with Gasteiger partial charge in [-0.05, 0) is 50.6 Å². The minimum Gasteiger partial charge on any atom is -0.317 e. The third-order valence-corrected chi connectivity index (χ3v) is 6.00. The SMILES string of the molecule is CCCN(C1CCNCC1)S(=O)(=O)c1cccc(Br)c1. The Morgan fingerprint density at radius 3 is 2.65 bits per heavy atom. The Bertz CT molecular complexity index is 542. The highest BCUT2D eigenvalue weighted by molar-refractivity contribution is 9.10. The summed E-state index contributed by atoms with van der Waals surface area (Å²) in [5, 5.41) is 3.28. The van der Waals surface area contributed by atoms with Gasteiger partial charge in [0.1, 0.15) is 0 Å². The maximum absolute atomic E-state index is 12.9. The van der Waals surface area contributed by atoms with Crippen LogP contribution in [0.3, 0.4) is 0 Å². The second-order valence-electron chi connectivity index (χ2n) is 5.05. The van der Waals surface area contributed by atoms with Gasteiger partial charge < -0.3 is 5.32 Å². The molecule has 1 fully saturated rings. The third kappa shape index (κ3) is 3.61. The number of rotatable bonds is 5. The van der Waals surface area contributed by atoms with Gasteiger partial charge in [-0.25, -0.2) is 8.42 Å². The zero-order valence-electron chi connectivity index (χ0n) is 11.7. The zero-order chi connectivity index (χ0) is 14.6. The van der Waals surface area contributed by atoms with Crippen molar-refractivity contribution in [3.63, 3.8) is 0 Å². The normalized spacial score (nSPS) is 17.6. The van der Waals surface area contributed by atoms with Crippen molar-refractivity contribution in [3.05, 3.63) is 28.7 Å². The first-order chi connectivity index (χ1) is 9.55. The van der Waals surface area contributed by atoms with Crippen LogP contribution in [0, 0.1) is 0 Å². The molecule has 1 aromatic rings. The molecule has 0 bridgehead atoms. The van der Waals surface area contributed by atoms with Gasteiger partial charge in [-0.3, -0.25) is 0 Å². The van der Waals surface area contributed by atoms with E-state index in [1.807, 2.05) is 13.0 Å². The molecular formula is C14H21BrN2O2S. The first-order valence-electron chi connectivity index (χ1n) is 7.04. The van der Waals surface area contributed by atoms with Crippen molar-refractivity contribution in [2.45, 2.75) is 37.1 Å². The van der Waals surface area contributed by atoms with Crippen LogP contribution in [0.5, 0.6) is 0 Å². The molecule has 2 rings (SSSR count). The third-order valence-electron chi connectivity index (χ3n) is 3.56. The Morgan fingerprint density at radius 1 is 1.35 bits per heavy atom. The van der Waals surface area contributed by atoms with E-state index in [4.69, 9.17) is 0 Å². The molecule has 1 heterocycles. The average molecular weight is 361 g/mol. The molecule has 0 spiro atoms. The lowest BCUT2D eigenvalue weighted by Crippen LogP contribution is -2.46. The van der Waals surface area contributed by atoms with Gasteiger partial charge in [0.05, 0.1) is 4.90 Å². The van der Waals surface area contributed by atoms with Gasteiger partial charge in [0.25, 0.3) is 0 Å². The van der Waals surface area contributed by atoms with Crippen molar-refractivity contribution < 1.29 is 8.42 Å². The number of halogens is 1. The van der Waals surface area contributed by atoms with Crippen LogP contribution in [0.25, 0.3) is 0 Å². The molecule has 0 atom stereocenters. The molecule has 112 valence electrons. The van der Waals surface area contributed by atoms with E-state index in [1.54, 1.807) is 22.5 Å². The van der Waals surface area contributed by atoms with E-state index in [0.717, 1.165) is 36.8 Å². The van der Waals surface area contributed by atoms with E-state index in [0.29, 0.717) is 11.4 Å². The summed E-state index contributed by atoms with van der Waals surface area (Å²) >= 11 is 3.35. The molecule has 0 radical (unpaired) electrons. The van der Waals surface area contributed by atoms with Crippen LogP contribution in [-0.2, 0) is 10.0 Å².